The minimum Gasteiger partial charge on any atom is -0.790 e. The minimum atomic E-state index is -5.24. The van der Waals surface area contributed by atoms with Gasteiger partial charge in [0.25, 0.3) is 0 Å². The van der Waals surface area contributed by atoms with E-state index in [1.165, 1.54) is 26.2 Å². The fourth-order valence-corrected chi connectivity index (χ4v) is 3.73. The second kappa shape index (κ2) is 28.1. The molecule has 206 valence electrons. The van der Waals surface area contributed by atoms with Crippen LogP contribution in [0.2, 0.25) is 0 Å². The molecular formula is C24H44NNa2O9P. The van der Waals surface area contributed by atoms with Crippen LogP contribution in [0.4, 0.5) is 0 Å². The smallest absolute Gasteiger partial charge is 0.790 e. The number of unbranched alkanes of at least 4 members (excludes halogenated alkanes) is 11. The third-order valence-electron chi connectivity index (χ3n) is 5.31. The summed E-state index contributed by atoms with van der Waals surface area (Å²) in [5.74, 6) is -1.07. The van der Waals surface area contributed by atoms with Gasteiger partial charge in [-0.25, -0.2) is 0 Å². The van der Waals surface area contributed by atoms with Crippen LogP contribution in [-0.4, -0.2) is 43.7 Å². The molecule has 1 amide bonds. The monoisotopic (exact) mass is 567 g/mol. The molecule has 0 radical (unpaired) electrons. The molecule has 13 heteroatoms. The number of rotatable bonds is 23. The number of phosphoric ester groups is 1. The van der Waals surface area contributed by atoms with Crippen LogP contribution in [0.15, 0.2) is 0 Å². The third-order valence-corrected chi connectivity index (χ3v) is 5.78. The summed E-state index contributed by atoms with van der Waals surface area (Å²) in [6.45, 7) is 3.25. The maximum absolute atomic E-state index is 12.1. The number of esters is 2. The Morgan fingerprint density at radius 2 is 1.24 bits per heavy atom. The van der Waals surface area contributed by atoms with Gasteiger partial charge in [0.2, 0.25) is 5.91 Å². The number of ether oxygens (including phenoxy) is 2. The molecular weight excluding hydrogens is 523 g/mol. The Kier molecular flexibility index (Phi) is 31.9. The number of phosphoric acid groups is 1. The maximum Gasteiger partial charge on any atom is 1.00 e. The molecule has 0 aromatic carbocycles. The van der Waals surface area contributed by atoms with Gasteiger partial charge in [0.1, 0.15) is 6.61 Å². The molecule has 0 heterocycles. The van der Waals surface area contributed by atoms with E-state index in [9.17, 15) is 28.7 Å². The van der Waals surface area contributed by atoms with Crippen LogP contribution in [0.5, 0.6) is 0 Å². The van der Waals surface area contributed by atoms with Gasteiger partial charge in [-0.05, 0) is 19.3 Å². The Labute approximate surface area is 266 Å². The topological polar surface area (TPSA) is 154 Å². The van der Waals surface area contributed by atoms with E-state index in [0.29, 0.717) is 19.4 Å². The minimum absolute atomic E-state index is 0. The number of carbonyl (C=O) groups is 3. The molecule has 0 rings (SSSR count). The zero-order valence-corrected chi connectivity index (χ0v) is 28.3. The van der Waals surface area contributed by atoms with Crippen molar-refractivity contribution < 1.29 is 102 Å². The van der Waals surface area contributed by atoms with Crippen LogP contribution >= 0.6 is 7.82 Å². The van der Waals surface area contributed by atoms with E-state index in [1.54, 1.807) is 0 Å². The molecule has 0 saturated heterocycles. The number of hydrogen-bond acceptors (Lipinski definition) is 9. The molecule has 0 aliphatic heterocycles. The Morgan fingerprint density at radius 3 is 1.76 bits per heavy atom. The Hall–Kier alpha value is 0.520. The molecule has 37 heavy (non-hydrogen) atoms. The van der Waals surface area contributed by atoms with Crippen LogP contribution in [0.25, 0.3) is 0 Å². The third kappa shape index (κ3) is 32.6. The van der Waals surface area contributed by atoms with Gasteiger partial charge >= 0.3 is 71.1 Å². The zero-order valence-electron chi connectivity index (χ0n) is 23.4. The molecule has 0 fully saturated rings. The van der Waals surface area contributed by atoms with E-state index in [4.69, 9.17) is 9.47 Å². The molecule has 10 nitrogen and oxygen atoms in total. The summed E-state index contributed by atoms with van der Waals surface area (Å²) < 4.78 is 25.3. The van der Waals surface area contributed by atoms with Crippen LogP contribution in [0.3, 0.4) is 0 Å². The predicted octanol–water partition coefficient (Wildman–Crippen LogP) is -2.70. The summed E-state index contributed by atoms with van der Waals surface area (Å²) in [6, 6.07) is 0. The van der Waals surface area contributed by atoms with Crippen molar-refractivity contribution in [3.05, 3.63) is 0 Å². The van der Waals surface area contributed by atoms with Gasteiger partial charge in [-0.2, -0.15) is 0 Å². The number of hydrogen-bond donors (Lipinski definition) is 1. The summed E-state index contributed by atoms with van der Waals surface area (Å²) >= 11 is 0. The van der Waals surface area contributed by atoms with Crippen molar-refractivity contribution in [1.29, 1.82) is 0 Å². The van der Waals surface area contributed by atoms with Crippen molar-refractivity contribution in [2.45, 2.75) is 116 Å². The summed E-state index contributed by atoms with van der Waals surface area (Å²) in [5.41, 5.74) is 0. The van der Waals surface area contributed by atoms with Crippen LogP contribution in [0, 0.1) is 0 Å². The second-order valence-electron chi connectivity index (χ2n) is 8.76. The Bertz CT molecular complexity index is 635. The van der Waals surface area contributed by atoms with E-state index in [1.807, 2.05) is 0 Å². The SMILES string of the molecule is CCCCCCCCCC(=O)O[C@H](COC(=O)CCCCCCCCNC(C)=O)COP(=O)([O-])[O-].[Na+].[Na+]. The van der Waals surface area contributed by atoms with Crippen molar-refractivity contribution >= 4 is 25.7 Å². The molecule has 0 aromatic heterocycles. The number of amides is 1. The average Bonchev–Trinajstić information content (AvgIpc) is 2.78. The summed E-state index contributed by atoms with van der Waals surface area (Å²) in [7, 11) is -5.24. The fraction of sp³-hybridized carbons (Fsp3) is 0.875. The van der Waals surface area contributed by atoms with Crippen LogP contribution < -0.4 is 74.2 Å². The summed E-state index contributed by atoms with van der Waals surface area (Å²) in [4.78, 5) is 56.4. The van der Waals surface area contributed by atoms with Crippen LogP contribution in [-0.2, 0) is 32.9 Å². The van der Waals surface area contributed by atoms with Crippen LogP contribution in [0.1, 0.15) is 110 Å². The molecule has 0 bridgehead atoms. The van der Waals surface area contributed by atoms with Gasteiger partial charge in [-0.3, -0.25) is 14.4 Å². The quantitative estimate of drug-likeness (QED) is 0.0601. The number of carbonyl (C=O) groups excluding carboxylic acids is 3. The normalized spacial score (nSPS) is 11.6. The van der Waals surface area contributed by atoms with Gasteiger partial charge in [-0.15, -0.1) is 0 Å². The van der Waals surface area contributed by atoms with Crippen molar-refractivity contribution in [2.24, 2.45) is 0 Å². The summed E-state index contributed by atoms with van der Waals surface area (Å²) in [6.07, 6.45) is 11.8. The average molecular weight is 568 g/mol. The van der Waals surface area contributed by atoms with Gasteiger partial charge in [0, 0.05) is 26.3 Å². The standard InChI is InChI=1S/C24H46NO9P.2Na/c1-3-4-5-6-7-11-14-17-24(28)34-22(20-33-35(29,30)31)19-32-23(27)16-13-10-8-9-12-15-18-25-21(2)26;;/h22H,3-20H2,1-2H3,(H,25,26)(H2,29,30,31);;/q;2*+1/p-2/t22-;;/m1../s1. The van der Waals surface area contributed by atoms with Gasteiger partial charge < -0.3 is 33.7 Å². The second-order valence-corrected chi connectivity index (χ2v) is 9.92. The van der Waals surface area contributed by atoms with Crippen molar-refractivity contribution in [3.63, 3.8) is 0 Å². The van der Waals surface area contributed by atoms with E-state index in [-0.39, 0.29) is 84.5 Å². The molecule has 0 aliphatic rings. The molecule has 1 atom stereocenters. The fourth-order valence-electron chi connectivity index (χ4n) is 3.39. The Morgan fingerprint density at radius 1 is 0.757 bits per heavy atom. The van der Waals surface area contributed by atoms with Crippen molar-refractivity contribution in [2.75, 3.05) is 19.8 Å². The summed E-state index contributed by atoms with van der Waals surface area (Å²) in [5, 5.41) is 2.74. The van der Waals surface area contributed by atoms with Gasteiger partial charge in [0.05, 0.1) is 14.4 Å². The largest absolute Gasteiger partial charge is 1.00 e. The predicted molar refractivity (Wildman–Crippen MR) is 128 cm³/mol. The first-order valence-corrected chi connectivity index (χ1v) is 14.4. The van der Waals surface area contributed by atoms with Gasteiger partial charge in [0.15, 0.2) is 6.10 Å². The molecule has 0 aliphatic carbocycles. The molecule has 0 spiro atoms. The van der Waals surface area contributed by atoms with Crippen molar-refractivity contribution in [3.8, 4) is 0 Å². The van der Waals surface area contributed by atoms with E-state index in [0.717, 1.165) is 51.4 Å². The molecule has 0 aromatic rings. The maximum atomic E-state index is 12.1. The molecule has 1 N–H and O–H groups in total. The molecule has 0 saturated carbocycles. The van der Waals surface area contributed by atoms with E-state index in [2.05, 4.69) is 16.8 Å². The van der Waals surface area contributed by atoms with Crippen molar-refractivity contribution in [1.82, 2.24) is 5.32 Å². The Balaban J connectivity index is -0.00000578. The van der Waals surface area contributed by atoms with Gasteiger partial charge in [-0.1, -0.05) is 71.1 Å². The first-order valence-electron chi connectivity index (χ1n) is 12.9. The zero-order chi connectivity index (χ0) is 26.4. The van der Waals surface area contributed by atoms with E-state index < -0.39 is 32.5 Å². The number of nitrogens with one attached hydrogen (secondary N) is 1. The first-order chi connectivity index (χ1) is 16.6. The molecule has 0 unspecified atom stereocenters. The first kappa shape index (κ1) is 42.0. The van der Waals surface area contributed by atoms with E-state index >= 15 is 0 Å².